The normalized spacial score (nSPS) is 13.1. The number of benzene rings is 1. The predicted molar refractivity (Wildman–Crippen MR) is 72.6 cm³/mol. The zero-order valence-electron chi connectivity index (χ0n) is 10.9. The summed E-state index contributed by atoms with van der Waals surface area (Å²) in [6, 6.07) is 3.27. The number of carbonyl (C=O) groups is 1. The SMILES string of the molecule is CC(N)CCCC(=O)Nc1ccc(Cl)c(C(F)(F)F)c1. The lowest BCUT2D eigenvalue weighted by Crippen LogP contribution is -2.17. The molecule has 0 aromatic heterocycles. The lowest BCUT2D eigenvalue weighted by Gasteiger charge is -2.12. The Balaban J connectivity index is 2.67. The zero-order valence-corrected chi connectivity index (χ0v) is 11.7. The van der Waals surface area contributed by atoms with Gasteiger partial charge in [0, 0.05) is 18.2 Å². The first-order valence-electron chi connectivity index (χ1n) is 6.12. The number of anilines is 1. The summed E-state index contributed by atoms with van der Waals surface area (Å²) in [5, 5.41) is 2.02. The van der Waals surface area contributed by atoms with Gasteiger partial charge in [-0.1, -0.05) is 11.6 Å². The largest absolute Gasteiger partial charge is 0.417 e. The molecule has 0 radical (unpaired) electrons. The van der Waals surface area contributed by atoms with Crippen molar-refractivity contribution in [3.63, 3.8) is 0 Å². The molecule has 1 unspecified atom stereocenters. The van der Waals surface area contributed by atoms with Crippen molar-refractivity contribution in [2.24, 2.45) is 5.73 Å². The molecule has 1 aromatic rings. The molecule has 0 bridgehead atoms. The lowest BCUT2D eigenvalue weighted by atomic mass is 10.1. The van der Waals surface area contributed by atoms with Gasteiger partial charge < -0.3 is 11.1 Å². The average Bonchev–Trinajstić information content (AvgIpc) is 2.29. The Morgan fingerprint density at radius 1 is 1.45 bits per heavy atom. The number of hydrogen-bond donors (Lipinski definition) is 2. The quantitative estimate of drug-likeness (QED) is 0.869. The second kappa shape index (κ2) is 6.95. The zero-order chi connectivity index (χ0) is 15.3. The van der Waals surface area contributed by atoms with Crippen molar-refractivity contribution >= 4 is 23.2 Å². The van der Waals surface area contributed by atoms with Crippen molar-refractivity contribution in [2.45, 2.75) is 38.4 Å². The summed E-state index contributed by atoms with van der Waals surface area (Å²) < 4.78 is 37.9. The van der Waals surface area contributed by atoms with Crippen LogP contribution in [0.25, 0.3) is 0 Å². The van der Waals surface area contributed by atoms with Gasteiger partial charge in [-0.15, -0.1) is 0 Å². The first kappa shape index (κ1) is 16.8. The molecule has 0 spiro atoms. The number of halogens is 4. The molecule has 112 valence electrons. The van der Waals surface area contributed by atoms with Crippen LogP contribution in [0.1, 0.15) is 31.7 Å². The number of rotatable bonds is 5. The van der Waals surface area contributed by atoms with Crippen molar-refractivity contribution in [1.29, 1.82) is 0 Å². The smallest absolute Gasteiger partial charge is 0.328 e. The van der Waals surface area contributed by atoms with E-state index < -0.39 is 16.8 Å². The minimum Gasteiger partial charge on any atom is -0.328 e. The highest BCUT2D eigenvalue weighted by atomic mass is 35.5. The highest BCUT2D eigenvalue weighted by molar-refractivity contribution is 6.31. The van der Waals surface area contributed by atoms with E-state index in [9.17, 15) is 18.0 Å². The van der Waals surface area contributed by atoms with Gasteiger partial charge >= 0.3 is 6.18 Å². The van der Waals surface area contributed by atoms with Gasteiger partial charge in [-0.25, -0.2) is 0 Å². The molecule has 1 rings (SSSR count). The fraction of sp³-hybridized carbons (Fsp3) is 0.462. The van der Waals surface area contributed by atoms with Crippen LogP contribution in [0.5, 0.6) is 0 Å². The predicted octanol–water partition coefficient (Wildman–Crippen LogP) is 3.81. The third kappa shape index (κ3) is 5.38. The molecule has 0 aliphatic carbocycles. The van der Waals surface area contributed by atoms with Gasteiger partial charge in [0.05, 0.1) is 10.6 Å². The van der Waals surface area contributed by atoms with E-state index in [1.54, 1.807) is 0 Å². The van der Waals surface area contributed by atoms with E-state index in [1.807, 2.05) is 6.92 Å². The maximum atomic E-state index is 12.6. The van der Waals surface area contributed by atoms with E-state index in [0.29, 0.717) is 12.8 Å². The van der Waals surface area contributed by atoms with Gasteiger partial charge in [-0.3, -0.25) is 4.79 Å². The Hall–Kier alpha value is -1.27. The van der Waals surface area contributed by atoms with Gasteiger partial charge in [0.2, 0.25) is 5.91 Å². The lowest BCUT2D eigenvalue weighted by molar-refractivity contribution is -0.137. The first-order chi connectivity index (χ1) is 9.20. The number of alkyl halides is 3. The number of nitrogens with one attached hydrogen (secondary N) is 1. The van der Waals surface area contributed by atoms with Crippen molar-refractivity contribution in [1.82, 2.24) is 0 Å². The van der Waals surface area contributed by atoms with Crippen LogP contribution in [-0.2, 0) is 11.0 Å². The summed E-state index contributed by atoms with van der Waals surface area (Å²) in [5.41, 5.74) is 4.66. The van der Waals surface area contributed by atoms with Crippen molar-refractivity contribution in [3.05, 3.63) is 28.8 Å². The summed E-state index contributed by atoms with van der Waals surface area (Å²) in [7, 11) is 0. The fourth-order valence-corrected chi connectivity index (χ4v) is 1.85. The molecule has 1 amide bonds. The Kier molecular flexibility index (Phi) is 5.83. The molecular weight excluding hydrogens is 293 g/mol. The Morgan fingerprint density at radius 3 is 2.65 bits per heavy atom. The van der Waals surface area contributed by atoms with Crippen LogP contribution in [-0.4, -0.2) is 11.9 Å². The maximum Gasteiger partial charge on any atom is 0.417 e. The molecule has 3 N–H and O–H groups in total. The summed E-state index contributed by atoms with van der Waals surface area (Å²) in [4.78, 5) is 11.6. The van der Waals surface area contributed by atoms with Gasteiger partial charge in [-0.05, 0) is 38.0 Å². The molecule has 0 fully saturated rings. The molecule has 0 saturated heterocycles. The van der Waals surface area contributed by atoms with Crippen LogP contribution in [0, 0.1) is 0 Å². The topological polar surface area (TPSA) is 55.1 Å². The van der Waals surface area contributed by atoms with Gasteiger partial charge in [-0.2, -0.15) is 13.2 Å². The highest BCUT2D eigenvalue weighted by Crippen LogP contribution is 2.36. The summed E-state index contributed by atoms with van der Waals surface area (Å²) in [6.07, 6.45) is -3.07. The number of hydrogen-bond acceptors (Lipinski definition) is 2. The summed E-state index contributed by atoms with van der Waals surface area (Å²) in [6.45, 7) is 1.83. The van der Waals surface area contributed by atoms with Crippen molar-refractivity contribution in [3.8, 4) is 0 Å². The standard InChI is InChI=1S/C13H16ClF3N2O/c1-8(18)3-2-4-12(20)19-9-5-6-11(14)10(7-9)13(15,16)17/h5-8H,2-4,18H2,1H3,(H,19,20). The minimum absolute atomic E-state index is 0.00448. The summed E-state index contributed by atoms with van der Waals surface area (Å²) >= 11 is 5.49. The van der Waals surface area contributed by atoms with Crippen LogP contribution in [0.4, 0.5) is 18.9 Å². The fourth-order valence-electron chi connectivity index (χ4n) is 1.63. The third-order valence-corrected chi connectivity index (χ3v) is 2.95. The number of nitrogens with two attached hydrogens (primary N) is 1. The van der Waals surface area contributed by atoms with Crippen molar-refractivity contribution < 1.29 is 18.0 Å². The highest BCUT2D eigenvalue weighted by Gasteiger charge is 2.33. The Labute approximate surface area is 120 Å². The molecule has 0 aliphatic heterocycles. The Bertz CT molecular complexity index is 475. The monoisotopic (exact) mass is 308 g/mol. The van der Waals surface area contributed by atoms with Crippen LogP contribution in [0.2, 0.25) is 5.02 Å². The van der Waals surface area contributed by atoms with E-state index in [0.717, 1.165) is 12.1 Å². The number of carbonyl (C=O) groups excluding carboxylic acids is 1. The van der Waals surface area contributed by atoms with E-state index in [1.165, 1.54) is 6.07 Å². The molecular formula is C13H16ClF3N2O. The molecule has 20 heavy (non-hydrogen) atoms. The third-order valence-electron chi connectivity index (χ3n) is 2.62. The molecule has 0 aliphatic rings. The molecule has 1 aromatic carbocycles. The first-order valence-corrected chi connectivity index (χ1v) is 6.50. The van der Waals surface area contributed by atoms with Gasteiger partial charge in [0.1, 0.15) is 0 Å². The maximum absolute atomic E-state index is 12.6. The van der Waals surface area contributed by atoms with Crippen LogP contribution < -0.4 is 11.1 Å². The Morgan fingerprint density at radius 2 is 2.10 bits per heavy atom. The van der Waals surface area contributed by atoms with E-state index in [4.69, 9.17) is 17.3 Å². The summed E-state index contributed by atoms with van der Waals surface area (Å²) in [5.74, 6) is -0.346. The van der Waals surface area contributed by atoms with Gasteiger partial charge in [0.15, 0.2) is 0 Å². The van der Waals surface area contributed by atoms with Crippen LogP contribution in [0.3, 0.4) is 0 Å². The van der Waals surface area contributed by atoms with Crippen LogP contribution in [0.15, 0.2) is 18.2 Å². The minimum atomic E-state index is -4.55. The molecule has 1 atom stereocenters. The molecule has 7 heteroatoms. The van der Waals surface area contributed by atoms with Crippen molar-refractivity contribution in [2.75, 3.05) is 5.32 Å². The van der Waals surface area contributed by atoms with E-state index >= 15 is 0 Å². The van der Waals surface area contributed by atoms with Gasteiger partial charge in [0.25, 0.3) is 0 Å². The molecule has 0 heterocycles. The number of amides is 1. The van der Waals surface area contributed by atoms with Crippen LogP contribution >= 0.6 is 11.6 Å². The average molecular weight is 309 g/mol. The molecule has 0 saturated carbocycles. The molecule has 3 nitrogen and oxygen atoms in total. The second-order valence-electron chi connectivity index (χ2n) is 4.61. The van der Waals surface area contributed by atoms with E-state index in [2.05, 4.69) is 5.32 Å². The van der Waals surface area contributed by atoms with E-state index in [-0.39, 0.29) is 24.1 Å². The second-order valence-corrected chi connectivity index (χ2v) is 5.02.